The van der Waals surface area contributed by atoms with E-state index in [0.717, 1.165) is 0 Å². The molecule has 0 bridgehead atoms. The van der Waals surface area contributed by atoms with E-state index < -0.39 is 11.8 Å². The van der Waals surface area contributed by atoms with Crippen molar-refractivity contribution in [2.24, 2.45) is 0 Å². The molecule has 92 valence electrons. The highest BCUT2D eigenvalue weighted by Gasteiger charge is 2.27. The number of carboxylic acids is 1. The second kappa shape index (κ2) is 5.05. The molecule has 5 nitrogen and oxygen atoms in total. The summed E-state index contributed by atoms with van der Waals surface area (Å²) < 4.78 is 9.99. The van der Waals surface area contributed by atoms with Crippen molar-refractivity contribution < 1.29 is 24.2 Å². The van der Waals surface area contributed by atoms with Gasteiger partial charge in [0, 0.05) is 0 Å². The molecule has 0 amide bonds. The standard InChI is InChI=1S/C11H11ClO5/c1-5-4-6(16-2)10(17-3)7(8(5)12)9(13)11(14)15/h4H,1-3H3,(H,14,15). The van der Waals surface area contributed by atoms with Gasteiger partial charge in [-0.1, -0.05) is 11.6 Å². The van der Waals surface area contributed by atoms with Crippen molar-refractivity contribution in [3.8, 4) is 11.5 Å². The average Bonchev–Trinajstić information content (AvgIpc) is 2.30. The van der Waals surface area contributed by atoms with E-state index in [0.29, 0.717) is 5.56 Å². The van der Waals surface area contributed by atoms with Crippen molar-refractivity contribution >= 4 is 23.4 Å². The van der Waals surface area contributed by atoms with E-state index in [4.69, 9.17) is 26.2 Å². The zero-order valence-corrected chi connectivity index (χ0v) is 10.3. The summed E-state index contributed by atoms with van der Waals surface area (Å²) in [5.74, 6) is -2.44. The molecule has 1 N–H and O–H groups in total. The van der Waals surface area contributed by atoms with Crippen molar-refractivity contribution in [3.63, 3.8) is 0 Å². The number of benzene rings is 1. The largest absolute Gasteiger partial charge is 0.493 e. The molecule has 17 heavy (non-hydrogen) atoms. The Balaban J connectivity index is 3.60. The van der Waals surface area contributed by atoms with Gasteiger partial charge in [0.15, 0.2) is 11.5 Å². The molecule has 0 unspecified atom stereocenters. The first-order chi connectivity index (χ1) is 7.93. The van der Waals surface area contributed by atoms with Gasteiger partial charge in [0.2, 0.25) is 0 Å². The van der Waals surface area contributed by atoms with Gasteiger partial charge in [0.25, 0.3) is 5.78 Å². The molecular weight excluding hydrogens is 248 g/mol. The van der Waals surface area contributed by atoms with Crippen LogP contribution in [0.15, 0.2) is 6.07 Å². The minimum absolute atomic E-state index is 0.0236. The molecule has 0 aliphatic rings. The summed E-state index contributed by atoms with van der Waals surface area (Å²) in [5.41, 5.74) is 0.340. The number of ether oxygens (including phenoxy) is 2. The Bertz CT molecular complexity index is 481. The minimum Gasteiger partial charge on any atom is -0.493 e. The zero-order valence-electron chi connectivity index (χ0n) is 9.54. The van der Waals surface area contributed by atoms with E-state index in [1.54, 1.807) is 13.0 Å². The van der Waals surface area contributed by atoms with Crippen LogP contribution in [0.3, 0.4) is 0 Å². The predicted molar refractivity (Wildman–Crippen MR) is 61.3 cm³/mol. The van der Waals surface area contributed by atoms with Crippen LogP contribution < -0.4 is 9.47 Å². The van der Waals surface area contributed by atoms with E-state index in [1.165, 1.54) is 14.2 Å². The Hall–Kier alpha value is -1.75. The smallest absolute Gasteiger partial charge is 0.377 e. The molecule has 0 fully saturated rings. The molecule has 0 atom stereocenters. The third-order valence-electron chi connectivity index (χ3n) is 2.21. The topological polar surface area (TPSA) is 72.8 Å². The van der Waals surface area contributed by atoms with Crippen LogP contribution in [0.2, 0.25) is 5.02 Å². The van der Waals surface area contributed by atoms with Gasteiger partial charge in [-0.15, -0.1) is 0 Å². The quantitative estimate of drug-likeness (QED) is 0.660. The molecule has 0 aliphatic heterocycles. The molecular formula is C11H11ClO5. The minimum atomic E-state index is -1.60. The maximum absolute atomic E-state index is 11.5. The number of Topliss-reactive ketones (excluding diaryl/α,β-unsaturated/α-hetero) is 1. The number of halogens is 1. The highest BCUT2D eigenvalue weighted by molar-refractivity contribution is 6.46. The number of rotatable bonds is 4. The second-order valence-electron chi connectivity index (χ2n) is 3.25. The highest BCUT2D eigenvalue weighted by atomic mass is 35.5. The number of aryl methyl sites for hydroxylation is 1. The fraction of sp³-hybridized carbons (Fsp3) is 0.273. The molecule has 1 rings (SSSR count). The third-order valence-corrected chi connectivity index (χ3v) is 2.70. The summed E-state index contributed by atoms with van der Waals surface area (Å²) in [7, 11) is 2.70. The van der Waals surface area contributed by atoms with E-state index in [2.05, 4.69) is 0 Å². The molecule has 0 heterocycles. The van der Waals surface area contributed by atoms with Gasteiger partial charge >= 0.3 is 5.97 Å². The fourth-order valence-corrected chi connectivity index (χ4v) is 1.64. The van der Waals surface area contributed by atoms with Gasteiger partial charge in [0.1, 0.15) is 0 Å². The summed E-state index contributed by atoms with van der Waals surface area (Å²) in [6, 6.07) is 1.57. The molecule has 0 saturated heterocycles. The molecule has 1 aromatic rings. The maximum Gasteiger partial charge on any atom is 0.377 e. The maximum atomic E-state index is 11.5. The lowest BCUT2D eigenvalue weighted by Gasteiger charge is -2.14. The van der Waals surface area contributed by atoms with Gasteiger partial charge in [-0.25, -0.2) is 4.79 Å². The fourth-order valence-electron chi connectivity index (χ4n) is 1.41. The molecule has 1 aromatic carbocycles. The van der Waals surface area contributed by atoms with Crippen LogP contribution in [-0.2, 0) is 4.79 Å². The van der Waals surface area contributed by atoms with Crippen LogP contribution in [-0.4, -0.2) is 31.1 Å². The van der Waals surface area contributed by atoms with Crippen LogP contribution in [0.5, 0.6) is 11.5 Å². The first-order valence-corrected chi connectivity index (χ1v) is 5.00. The molecule has 0 radical (unpaired) electrons. The van der Waals surface area contributed by atoms with Gasteiger partial charge in [-0.3, -0.25) is 4.79 Å². The highest BCUT2D eigenvalue weighted by Crippen LogP contribution is 2.38. The number of carbonyl (C=O) groups is 2. The summed E-state index contributed by atoms with van der Waals surface area (Å²) in [6.45, 7) is 1.64. The monoisotopic (exact) mass is 258 g/mol. The number of ketones is 1. The lowest BCUT2D eigenvalue weighted by atomic mass is 10.1. The van der Waals surface area contributed by atoms with E-state index in [9.17, 15) is 9.59 Å². The van der Waals surface area contributed by atoms with Crippen LogP contribution in [0.4, 0.5) is 0 Å². The Kier molecular flexibility index (Phi) is 3.96. The van der Waals surface area contributed by atoms with Crippen LogP contribution >= 0.6 is 11.6 Å². The van der Waals surface area contributed by atoms with Gasteiger partial charge < -0.3 is 14.6 Å². The van der Waals surface area contributed by atoms with Crippen molar-refractivity contribution in [1.29, 1.82) is 0 Å². The Morgan fingerprint density at radius 1 is 1.29 bits per heavy atom. The number of carbonyl (C=O) groups excluding carboxylic acids is 1. The van der Waals surface area contributed by atoms with Gasteiger partial charge in [-0.2, -0.15) is 0 Å². The number of aliphatic carboxylic acids is 1. The van der Waals surface area contributed by atoms with Gasteiger partial charge in [0.05, 0.1) is 24.8 Å². The number of hydrogen-bond donors (Lipinski definition) is 1. The van der Waals surface area contributed by atoms with Crippen molar-refractivity contribution in [3.05, 3.63) is 22.2 Å². The summed E-state index contributed by atoms with van der Waals surface area (Å²) in [6.07, 6.45) is 0. The molecule has 0 saturated carbocycles. The number of carboxylic acid groups (broad SMARTS) is 1. The van der Waals surface area contributed by atoms with Crippen LogP contribution in [0.1, 0.15) is 15.9 Å². The normalized spacial score (nSPS) is 9.88. The first kappa shape index (κ1) is 13.3. The Morgan fingerprint density at radius 3 is 2.29 bits per heavy atom. The first-order valence-electron chi connectivity index (χ1n) is 4.62. The lowest BCUT2D eigenvalue weighted by Crippen LogP contribution is -2.15. The number of methoxy groups -OCH3 is 2. The molecule has 6 heteroatoms. The summed E-state index contributed by atoms with van der Waals surface area (Å²) >= 11 is 5.93. The van der Waals surface area contributed by atoms with E-state index in [1.807, 2.05) is 0 Å². The van der Waals surface area contributed by atoms with Crippen LogP contribution in [0.25, 0.3) is 0 Å². The Labute approximate surface area is 103 Å². The zero-order chi connectivity index (χ0) is 13.2. The van der Waals surface area contributed by atoms with Crippen molar-refractivity contribution in [2.75, 3.05) is 14.2 Å². The lowest BCUT2D eigenvalue weighted by molar-refractivity contribution is -0.131. The third kappa shape index (κ3) is 2.34. The van der Waals surface area contributed by atoms with Crippen LogP contribution in [0, 0.1) is 6.92 Å². The molecule has 0 aromatic heterocycles. The predicted octanol–water partition coefficient (Wildman–Crippen LogP) is 1.93. The van der Waals surface area contributed by atoms with E-state index >= 15 is 0 Å². The molecule has 0 spiro atoms. The van der Waals surface area contributed by atoms with Crippen molar-refractivity contribution in [1.82, 2.24) is 0 Å². The summed E-state index contributed by atoms with van der Waals surface area (Å²) in [5, 5.41) is 8.78. The Morgan fingerprint density at radius 2 is 1.88 bits per heavy atom. The SMILES string of the molecule is COc1cc(C)c(Cl)c(C(=O)C(=O)O)c1OC. The molecule has 0 aliphatic carbocycles. The van der Waals surface area contributed by atoms with Crippen molar-refractivity contribution in [2.45, 2.75) is 6.92 Å². The van der Waals surface area contributed by atoms with Gasteiger partial charge in [-0.05, 0) is 18.6 Å². The summed E-state index contributed by atoms with van der Waals surface area (Å²) in [4.78, 5) is 22.3. The number of hydrogen-bond acceptors (Lipinski definition) is 4. The second-order valence-corrected chi connectivity index (χ2v) is 3.63. The average molecular weight is 259 g/mol. The van der Waals surface area contributed by atoms with E-state index in [-0.39, 0.29) is 22.1 Å².